The summed E-state index contributed by atoms with van der Waals surface area (Å²) in [4.78, 5) is 12.3. The van der Waals surface area contributed by atoms with Crippen molar-refractivity contribution in [2.45, 2.75) is 38.1 Å². The van der Waals surface area contributed by atoms with Crippen molar-refractivity contribution in [1.82, 2.24) is 0 Å². The third-order valence-corrected chi connectivity index (χ3v) is 5.76. The first kappa shape index (κ1) is 16.3. The Morgan fingerprint density at radius 2 is 1.87 bits per heavy atom. The van der Waals surface area contributed by atoms with Crippen LogP contribution in [-0.4, -0.2) is 50.3 Å². The van der Waals surface area contributed by atoms with E-state index in [0.717, 1.165) is 5.75 Å². The molecule has 4 heteroatoms. The number of hydrogen-bond acceptors (Lipinski definition) is 3. The molecule has 3 unspecified atom stereocenters. The Labute approximate surface area is 139 Å². The van der Waals surface area contributed by atoms with Crippen molar-refractivity contribution < 1.29 is 18.8 Å². The highest BCUT2D eigenvalue weighted by molar-refractivity contribution is 5.89. The van der Waals surface area contributed by atoms with E-state index in [1.165, 1.54) is 49.7 Å². The minimum atomic E-state index is -0.219. The van der Waals surface area contributed by atoms with Gasteiger partial charge in [0.05, 0.1) is 38.9 Å². The fourth-order valence-corrected chi connectivity index (χ4v) is 4.42. The fourth-order valence-electron chi connectivity index (χ4n) is 4.42. The number of carbonyl (C=O) groups is 1. The summed E-state index contributed by atoms with van der Waals surface area (Å²) < 4.78 is 12.0. The summed E-state index contributed by atoms with van der Waals surface area (Å²) in [6.45, 7) is 3.13. The third kappa shape index (κ3) is 3.52. The van der Waals surface area contributed by atoms with Gasteiger partial charge in [-0.25, -0.2) is 4.79 Å². The first-order chi connectivity index (χ1) is 11.1. The first-order valence-corrected chi connectivity index (χ1v) is 8.78. The average molecular weight is 318 g/mol. The van der Waals surface area contributed by atoms with E-state index in [1.807, 2.05) is 0 Å². The van der Waals surface area contributed by atoms with Crippen LogP contribution in [0.25, 0.3) is 0 Å². The number of esters is 1. The van der Waals surface area contributed by atoms with Gasteiger partial charge in [-0.3, -0.25) is 0 Å². The molecule has 1 aromatic rings. The van der Waals surface area contributed by atoms with Gasteiger partial charge in [0.2, 0.25) is 0 Å². The molecule has 2 aliphatic heterocycles. The van der Waals surface area contributed by atoms with Crippen LogP contribution in [0.15, 0.2) is 24.3 Å². The molecule has 0 N–H and O–H groups in total. The zero-order valence-corrected chi connectivity index (χ0v) is 14.3. The van der Waals surface area contributed by atoms with Gasteiger partial charge in [0.25, 0.3) is 0 Å². The van der Waals surface area contributed by atoms with Crippen LogP contribution in [-0.2, 0) is 4.74 Å². The van der Waals surface area contributed by atoms with Crippen LogP contribution in [0.3, 0.4) is 0 Å². The normalized spacial score (nSPS) is 30.3. The van der Waals surface area contributed by atoms with E-state index in [2.05, 4.69) is 7.05 Å². The second-order valence-electron chi connectivity index (χ2n) is 7.22. The predicted molar refractivity (Wildman–Crippen MR) is 89.6 cm³/mol. The summed E-state index contributed by atoms with van der Waals surface area (Å²) >= 11 is 0. The lowest BCUT2D eigenvalue weighted by atomic mass is 9.82. The van der Waals surface area contributed by atoms with Gasteiger partial charge in [-0.15, -0.1) is 0 Å². The largest absolute Gasteiger partial charge is 0.497 e. The molecule has 4 nitrogen and oxygen atoms in total. The van der Waals surface area contributed by atoms with Crippen LogP contribution >= 0.6 is 0 Å². The highest BCUT2D eigenvalue weighted by Crippen LogP contribution is 2.36. The number of carbonyl (C=O) groups excluding carboxylic acids is 1. The third-order valence-electron chi connectivity index (χ3n) is 5.76. The van der Waals surface area contributed by atoms with Gasteiger partial charge in [0.15, 0.2) is 0 Å². The topological polar surface area (TPSA) is 35.5 Å². The standard InChI is InChI=1S/C19H28NO3/c1-20-12-4-3-7-18(20)16(6-5-13-20)14-23-19(21)15-8-10-17(22-2)11-9-15/h8-11,16,18H,3-7,12-14H2,1-2H3/q+1. The van der Waals surface area contributed by atoms with E-state index in [9.17, 15) is 4.79 Å². The van der Waals surface area contributed by atoms with Crippen LogP contribution in [0.2, 0.25) is 0 Å². The number of fused-ring (bicyclic) bond motifs is 1. The molecule has 23 heavy (non-hydrogen) atoms. The molecule has 2 saturated heterocycles. The molecule has 2 fully saturated rings. The lowest BCUT2D eigenvalue weighted by Gasteiger charge is -2.51. The van der Waals surface area contributed by atoms with Crippen molar-refractivity contribution in [3.63, 3.8) is 0 Å². The van der Waals surface area contributed by atoms with Gasteiger partial charge < -0.3 is 14.0 Å². The summed E-state index contributed by atoms with van der Waals surface area (Å²) in [5.41, 5.74) is 0.600. The predicted octanol–water partition coefficient (Wildman–Crippen LogP) is 3.26. The minimum Gasteiger partial charge on any atom is -0.497 e. The van der Waals surface area contributed by atoms with Crippen molar-refractivity contribution in [2.75, 3.05) is 33.9 Å². The Morgan fingerprint density at radius 1 is 1.13 bits per heavy atom. The highest BCUT2D eigenvalue weighted by atomic mass is 16.5. The number of methoxy groups -OCH3 is 1. The van der Waals surface area contributed by atoms with Crippen LogP contribution in [0, 0.1) is 5.92 Å². The number of quaternary nitrogens is 1. The molecule has 0 amide bonds. The Kier molecular flexibility index (Phi) is 4.90. The monoisotopic (exact) mass is 318 g/mol. The molecule has 1 aromatic carbocycles. The molecule has 0 radical (unpaired) electrons. The highest BCUT2D eigenvalue weighted by Gasteiger charge is 2.43. The molecule has 2 heterocycles. The van der Waals surface area contributed by atoms with Crippen LogP contribution in [0.4, 0.5) is 0 Å². The number of piperidine rings is 2. The number of hydrogen-bond donors (Lipinski definition) is 0. The summed E-state index contributed by atoms with van der Waals surface area (Å²) in [6, 6.07) is 7.80. The number of nitrogens with zero attached hydrogens (tertiary/aromatic N) is 1. The quantitative estimate of drug-likeness (QED) is 0.631. The molecule has 3 rings (SSSR count). The van der Waals surface area contributed by atoms with Crippen LogP contribution < -0.4 is 4.74 Å². The van der Waals surface area contributed by atoms with Crippen LogP contribution in [0.1, 0.15) is 42.5 Å². The summed E-state index contributed by atoms with van der Waals surface area (Å²) in [6.07, 6.45) is 6.38. The summed E-state index contributed by atoms with van der Waals surface area (Å²) in [5, 5.41) is 0. The Hall–Kier alpha value is -1.55. The maximum atomic E-state index is 12.3. The molecular weight excluding hydrogens is 290 g/mol. The van der Waals surface area contributed by atoms with E-state index in [1.54, 1.807) is 31.4 Å². The second kappa shape index (κ2) is 6.91. The average Bonchev–Trinajstić information content (AvgIpc) is 2.59. The van der Waals surface area contributed by atoms with Crippen molar-refractivity contribution in [3.05, 3.63) is 29.8 Å². The van der Waals surface area contributed by atoms with Crippen LogP contribution in [0.5, 0.6) is 5.75 Å². The van der Waals surface area contributed by atoms with Gasteiger partial charge in [0.1, 0.15) is 12.4 Å². The van der Waals surface area contributed by atoms with E-state index >= 15 is 0 Å². The van der Waals surface area contributed by atoms with Gasteiger partial charge in [0, 0.05) is 12.3 Å². The van der Waals surface area contributed by atoms with Gasteiger partial charge in [-0.2, -0.15) is 0 Å². The molecule has 0 aromatic heterocycles. The minimum absolute atomic E-state index is 0.219. The molecule has 126 valence electrons. The number of rotatable bonds is 4. The molecule has 3 atom stereocenters. The maximum absolute atomic E-state index is 12.3. The van der Waals surface area contributed by atoms with Crippen molar-refractivity contribution >= 4 is 5.97 Å². The Balaban J connectivity index is 1.59. The van der Waals surface area contributed by atoms with Crippen molar-refractivity contribution in [1.29, 1.82) is 0 Å². The lowest BCUT2D eigenvalue weighted by Crippen LogP contribution is -2.61. The lowest BCUT2D eigenvalue weighted by molar-refractivity contribution is -0.947. The van der Waals surface area contributed by atoms with Gasteiger partial charge in [-0.1, -0.05) is 0 Å². The fraction of sp³-hybridized carbons (Fsp3) is 0.632. The van der Waals surface area contributed by atoms with Crippen molar-refractivity contribution in [3.8, 4) is 5.75 Å². The van der Waals surface area contributed by atoms with E-state index in [-0.39, 0.29) is 5.97 Å². The van der Waals surface area contributed by atoms with E-state index < -0.39 is 0 Å². The van der Waals surface area contributed by atoms with Gasteiger partial charge >= 0.3 is 5.97 Å². The smallest absolute Gasteiger partial charge is 0.338 e. The molecule has 0 bridgehead atoms. The summed E-state index contributed by atoms with van der Waals surface area (Å²) in [5.74, 6) is 1.04. The molecular formula is C19H28NO3+. The molecule has 0 spiro atoms. The van der Waals surface area contributed by atoms with E-state index in [0.29, 0.717) is 24.1 Å². The Bertz CT molecular complexity index is 538. The molecule has 0 aliphatic carbocycles. The van der Waals surface area contributed by atoms with E-state index in [4.69, 9.17) is 9.47 Å². The zero-order valence-electron chi connectivity index (χ0n) is 14.3. The summed E-state index contributed by atoms with van der Waals surface area (Å²) in [7, 11) is 4.01. The number of benzene rings is 1. The second-order valence-corrected chi connectivity index (χ2v) is 7.22. The first-order valence-electron chi connectivity index (χ1n) is 8.78. The zero-order chi connectivity index (χ0) is 16.3. The Morgan fingerprint density at radius 3 is 2.61 bits per heavy atom. The SMILES string of the molecule is COc1ccc(C(=O)OCC2CCC[N+]3(C)CCCCC23)cc1. The van der Waals surface area contributed by atoms with Crippen molar-refractivity contribution in [2.24, 2.45) is 5.92 Å². The molecule has 0 saturated carbocycles. The maximum Gasteiger partial charge on any atom is 0.338 e. The number of ether oxygens (including phenoxy) is 2. The molecule has 2 aliphatic rings. The van der Waals surface area contributed by atoms with Gasteiger partial charge in [-0.05, 0) is 49.9 Å².